The molecular formula is C30H40N6O3. The molecule has 9 heteroatoms. The van der Waals surface area contributed by atoms with Gasteiger partial charge < -0.3 is 15.1 Å². The van der Waals surface area contributed by atoms with E-state index in [0.717, 1.165) is 42.9 Å². The van der Waals surface area contributed by atoms with E-state index in [1.54, 1.807) is 31.1 Å². The topological polar surface area (TPSA) is 89.1 Å². The van der Waals surface area contributed by atoms with Crippen molar-refractivity contribution >= 4 is 29.2 Å². The molecule has 208 valence electrons. The first-order valence-electron chi connectivity index (χ1n) is 14.0. The predicted molar refractivity (Wildman–Crippen MR) is 152 cm³/mol. The van der Waals surface area contributed by atoms with E-state index >= 15 is 0 Å². The number of imide groups is 1. The van der Waals surface area contributed by atoms with Crippen molar-refractivity contribution in [2.75, 3.05) is 42.5 Å². The summed E-state index contributed by atoms with van der Waals surface area (Å²) in [5.41, 5.74) is 1.96. The Balaban J connectivity index is 1.36. The first-order valence-corrected chi connectivity index (χ1v) is 14.0. The SMILES string of the molecule is CCN1CCC[C@@H]1CNCC(=O)N1CC(C)(C)c2ccc(N3C(=O)N(Cc4ccncc4)C(C)(C)C3=O)cc21. The van der Waals surface area contributed by atoms with E-state index in [9.17, 15) is 14.4 Å². The number of hydrogen-bond acceptors (Lipinski definition) is 6. The maximum atomic E-state index is 13.6. The lowest BCUT2D eigenvalue weighted by atomic mass is 9.87. The number of rotatable bonds is 8. The molecule has 3 aliphatic heterocycles. The largest absolute Gasteiger partial charge is 0.332 e. The van der Waals surface area contributed by atoms with Gasteiger partial charge in [-0.25, -0.2) is 9.69 Å². The number of anilines is 2. The zero-order chi connectivity index (χ0) is 27.9. The van der Waals surface area contributed by atoms with E-state index in [2.05, 4.69) is 36.0 Å². The van der Waals surface area contributed by atoms with Gasteiger partial charge in [-0.3, -0.25) is 19.5 Å². The Labute approximate surface area is 231 Å². The summed E-state index contributed by atoms with van der Waals surface area (Å²) in [6, 6.07) is 9.42. The number of pyridine rings is 1. The van der Waals surface area contributed by atoms with Crippen molar-refractivity contribution in [1.29, 1.82) is 0 Å². The van der Waals surface area contributed by atoms with E-state index in [4.69, 9.17) is 0 Å². The highest BCUT2D eigenvalue weighted by atomic mass is 16.2. The van der Waals surface area contributed by atoms with Gasteiger partial charge in [0.1, 0.15) is 5.54 Å². The number of likely N-dealkylation sites (tertiary alicyclic amines) is 1. The molecule has 0 unspecified atom stereocenters. The van der Waals surface area contributed by atoms with Crippen LogP contribution in [0.3, 0.4) is 0 Å². The van der Waals surface area contributed by atoms with Crippen molar-refractivity contribution in [3.63, 3.8) is 0 Å². The van der Waals surface area contributed by atoms with Crippen molar-refractivity contribution in [1.82, 2.24) is 20.1 Å². The Morgan fingerprint density at radius 2 is 1.85 bits per heavy atom. The second-order valence-electron chi connectivity index (χ2n) is 12.0. The van der Waals surface area contributed by atoms with Gasteiger partial charge in [-0.1, -0.05) is 26.8 Å². The number of hydrogen-bond donors (Lipinski definition) is 1. The first-order chi connectivity index (χ1) is 18.5. The molecule has 2 fully saturated rings. The monoisotopic (exact) mass is 532 g/mol. The molecular weight excluding hydrogens is 492 g/mol. The highest BCUT2D eigenvalue weighted by Crippen LogP contribution is 2.44. The van der Waals surface area contributed by atoms with Crippen molar-refractivity contribution in [3.8, 4) is 0 Å². The summed E-state index contributed by atoms with van der Waals surface area (Å²) in [5, 5.41) is 3.39. The number of carbonyl (C=O) groups is 3. The summed E-state index contributed by atoms with van der Waals surface area (Å²) >= 11 is 0. The molecule has 1 aromatic heterocycles. The third kappa shape index (κ3) is 4.94. The van der Waals surface area contributed by atoms with Crippen LogP contribution in [-0.4, -0.2) is 76.9 Å². The number of aromatic nitrogens is 1. The second kappa shape index (κ2) is 10.4. The molecule has 0 aliphatic carbocycles. The Kier molecular flexibility index (Phi) is 7.24. The quantitative estimate of drug-likeness (QED) is 0.524. The number of benzene rings is 1. The molecule has 1 N–H and O–H groups in total. The number of carbonyl (C=O) groups excluding carboxylic acids is 3. The maximum Gasteiger partial charge on any atom is 0.332 e. The molecule has 0 bridgehead atoms. The summed E-state index contributed by atoms with van der Waals surface area (Å²) in [6.45, 7) is 14.0. The van der Waals surface area contributed by atoms with Gasteiger partial charge >= 0.3 is 6.03 Å². The van der Waals surface area contributed by atoms with Crippen molar-refractivity contribution in [2.24, 2.45) is 0 Å². The zero-order valence-electron chi connectivity index (χ0n) is 23.7. The molecule has 1 atom stereocenters. The highest BCUT2D eigenvalue weighted by molar-refractivity contribution is 6.23. The second-order valence-corrected chi connectivity index (χ2v) is 12.0. The molecule has 0 spiro atoms. The van der Waals surface area contributed by atoms with Crippen molar-refractivity contribution < 1.29 is 14.4 Å². The minimum Gasteiger partial charge on any atom is -0.310 e. The predicted octanol–water partition coefficient (Wildman–Crippen LogP) is 3.53. The van der Waals surface area contributed by atoms with Crippen LogP contribution in [0.5, 0.6) is 0 Å². The van der Waals surface area contributed by atoms with Gasteiger partial charge in [0.25, 0.3) is 5.91 Å². The Hall–Kier alpha value is -3.30. The molecule has 1 aromatic carbocycles. The number of nitrogens with one attached hydrogen (secondary N) is 1. The lowest BCUT2D eigenvalue weighted by Crippen LogP contribution is -2.44. The van der Waals surface area contributed by atoms with E-state index in [1.165, 1.54) is 11.3 Å². The van der Waals surface area contributed by atoms with Gasteiger partial charge in [0.2, 0.25) is 5.91 Å². The van der Waals surface area contributed by atoms with Crippen molar-refractivity contribution in [3.05, 3.63) is 53.9 Å². The number of nitrogens with zero attached hydrogens (tertiary/aromatic N) is 5. The molecule has 5 rings (SSSR count). The molecule has 4 heterocycles. The van der Waals surface area contributed by atoms with Gasteiger partial charge in [-0.05, 0) is 75.2 Å². The van der Waals surface area contributed by atoms with Crippen LogP contribution in [0, 0.1) is 0 Å². The number of amides is 4. The normalized spacial score (nSPS) is 22.2. The van der Waals surface area contributed by atoms with Crippen LogP contribution in [0.2, 0.25) is 0 Å². The minimum absolute atomic E-state index is 0.00117. The summed E-state index contributed by atoms with van der Waals surface area (Å²) in [5.74, 6) is -0.283. The average Bonchev–Trinajstić information content (AvgIpc) is 3.52. The van der Waals surface area contributed by atoms with E-state index in [-0.39, 0.29) is 29.8 Å². The van der Waals surface area contributed by atoms with E-state index in [1.807, 2.05) is 35.2 Å². The summed E-state index contributed by atoms with van der Waals surface area (Å²) in [6.07, 6.45) is 5.72. The lowest BCUT2D eigenvalue weighted by molar-refractivity contribution is -0.123. The van der Waals surface area contributed by atoms with Crippen LogP contribution in [0.1, 0.15) is 58.6 Å². The molecule has 3 aliphatic rings. The Bertz CT molecular complexity index is 1260. The summed E-state index contributed by atoms with van der Waals surface area (Å²) < 4.78 is 0. The molecule has 9 nitrogen and oxygen atoms in total. The fourth-order valence-corrected chi connectivity index (χ4v) is 6.23. The van der Waals surface area contributed by atoms with Crippen LogP contribution in [-0.2, 0) is 21.5 Å². The van der Waals surface area contributed by atoms with Crippen LogP contribution in [0.4, 0.5) is 16.2 Å². The maximum absolute atomic E-state index is 13.6. The average molecular weight is 533 g/mol. The molecule has 2 aromatic rings. The standard InChI is InChI=1S/C30H40N6O3/c1-6-33-15-7-8-23(33)17-32-18-26(37)34-20-29(2,3)24-10-9-22(16-25(24)34)36-27(38)30(4,5)35(28(36)39)19-21-11-13-31-14-12-21/h9-14,16,23,32H,6-8,15,17-20H2,1-5H3/t23-/m1/s1. The minimum atomic E-state index is -1.01. The Morgan fingerprint density at radius 1 is 1.10 bits per heavy atom. The third-order valence-electron chi connectivity index (χ3n) is 8.59. The summed E-state index contributed by atoms with van der Waals surface area (Å²) in [4.78, 5) is 51.8. The number of fused-ring (bicyclic) bond motifs is 1. The lowest BCUT2D eigenvalue weighted by Gasteiger charge is -2.27. The molecule has 0 saturated carbocycles. The van der Waals surface area contributed by atoms with Gasteiger partial charge in [0, 0.05) is 49.2 Å². The zero-order valence-corrected chi connectivity index (χ0v) is 23.7. The number of urea groups is 1. The smallest absolute Gasteiger partial charge is 0.310 e. The molecule has 4 amide bonds. The van der Waals surface area contributed by atoms with Crippen LogP contribution in [0.25, 0.3) is 0 Å². The highest BCUT2D eigenvalue weighted by Gasteiger charge is 2.52. The molecule has 39 heavy (non-hydrogen) atoms. The van der Waals surface area contributed by atoms with Gasteiger partial charge in [0.15, 0.2) is 0 Å². The Morgan fingerprint density at radius 3 is 2.56 bits per heavy atom. The molecule has 2 saturated heterocycles. The first kappa shape index (κ1) is 27.3. The van der Waals surface area contributed by atoms with Gasteiger partial charge in [-0.2, -0.15) is 0 Å². The summed E-state index contributed by atoms with van der Waals surface area (Å²) in [7, 11) is 0. The van der Waals surface area contributed by atoms with E-state index in [0.29, 0.717) is 24.8 Å². The van der Waals surface area contributed by atoms with Gasteiger partial charge in [-0.15, -0.1) is 0 Å². The van der Waals surface area contributed by atoms with Gasteiger partial charge in [0.05, 0.1) is 12.2 Å². The van der Waals surface area contributed by atoms with Crippen molar-refractivity contribution in [2.45, 2.75) is 71.0 Å². The fraction of sp³-hybridized carbons (Fsp3) is 0.533. The number of likely N-dealkylation sites (N-methyl/N-ethyl adjacent to an activating group) is 1. The van der Waals surface area contributed by atoms with Crippen LogP contribution < -0.4 is 15.1 Å². The van der Waals surface area contributed by atoms with E-state index < -0.39 is 5.54 Å². The molecule has 0 radical (unpaired) electrons. The van der Waals surface area contributed by atoms with Crippen LogP contribution in [0.15, 0.2) is 42.7 Å². The van der Waals surface area contributed by atoms with Crippen LogP contribution >= 0.6 is 0 Å². The fourth-order valence-electron chi connectivity index (χ4n) is 6.23. The third-order valence-corrected chi connectivity index (χ3v) is 8.59.